The van der Waals surface area contributed by atoms with Crippen molar-refractivity contribution < 1.29 is 22.3 Å². The van der Waals surface area contributed by atoms with Crippen molar-refractivity contribution >= 4 is 5.82 Å². The maximum absolute atomic E-state index is 12.7. The van der Waals surface area contributed by atoms with Crippen LogP contribution in [0.4, 0.5) is 19.0 Å². The first-order chi connectivity index (χ1) is 12.5. The van der Waals surface area contributed by atoms with Gasteiger partial charge in [0.05, 0.1) is 10.7 Å². The van der Waals surface area contributed by atoms with Gasteiger partial charge >= 0.3 is 12.2 Å². The zero-order valence-electron chi connectivity index (χ0n) is 13.1. The highest BCUT2D eigenvalue weighted by atomic mass is 19.4. The molecule has 10 heteroatoms. The zero-order valence-corrected chi connectivity index (χ0v) is 13.1. The number of rotatable bonds is 4. The molecule has 2 aromatic heterocycles. The number of aromatic nitrogens is 4. The number of ether oxygens (including phenoxy) is 1. The van der Waals surface area contributed by atoms with E-state index in [1.807, 2.05) is 0 Å². The second-order valence-electron chi connectivity index (χ2n) is 5.68. The van der Waals surface area contributed by atoms with Gasteiger partial charge in [0.25, 0.3) is 0 Å². The minimum Gasteiger partial charge on any atom is -0.440 e. The van der Waals surface area contributed by atoms with Crippen molar-refractivity contribution in [1.29, 1.82) is 0 Å². The molecule has 1 aliphatic carbocycles. The van der Waals surface area contributed by atoms with Gasteiger partial charge in [0.15, 0.2) is 0 Å². The van der Waals surface area contributed by atoms with Gasteiger partial charge in [-0.2, -0.15) is 4.85 Å². The van der Waals surface area contributed by atoms with E-state index in [0.717, 1.165) is 12.8 Å². The minimum atomic E-state index is -4.83. The second kappa shape index (κ2) is 5.87. The van der Waals surface area contributed by atoms with Crippen LogP contribution in [-0.2, 0) is 0 Å². The van der Waals surface area contributed by atoms with Gasteiger partial charge in [0.1, 0.15) is 23.8 Å². The van der Waals surface area contributed by atoms with E-state index in [2.05, 4.69) is 30.0 Å². The van der Waals surface area contributed by atoms with Crippen LogP contribution in [0.25, 0.3) is 27.7 Å². The predicted octanol–water partition coefficient (Wildman–Crippen LogP) is 4.50. The summed E-state index contributed by atoms with van der Waals surface area (Å²) in [6.45, 7) is 5.28. The van der Waals surface area contributed by atoms with Crippen LogP contribution in [0.15, 0.2) is 28.7 Å². The number of benzene rings is 1. The van der Waals surface area contributed by atoms with Crippen LogP contribution >= 0.6 is 0 Å². The third-order valence-electron chi connectivity index (χ3n) is 3.82. The Labute approximate surface area is 144 Å². The highest BCUT2D eigenvalue weighted by Crippen LogP contribution is 2.47. The Balaban J connectivity index is 1.83. The summed E-state index contributed by atoms with van der Waals surface area (Å²) < 4.78 is 47.8. The van der Waals surface area contributed by atoms with E-state index in [9.17, 15) is 13.2 Å². The Morgan fingerprint density at radius 1 is 1.19 bits per heavy atom. The molecule has 1 N–H and O–H groups in total. The van der Waals surface area contributed by atoms with Crippen LogP contribution in [0.1, 0.15) is 24.5 Å². The lowest BCUT2D eigenvalue weighted by Gasteiger charge is -2.11. The van der Waals surface area contributed by atoms with Crippen LogP contribution < -0.4 is 4.74 Å². The average Bonchev–Trinajstić information content (AvgIpc) is 3.17. The van der Waals surface area contributed by atoms with Crippen molar-refractivity contribution in [2.45, 2.75) is 25.1 Å². The third-order valence-corrected chi connectivity index (χ3v) is 3.82. The molecule has 0 spiro atoms. The molecule has 4 rings (SSSR count). The monoisotopic (exact) mass is 362 g/mol. The number of para-hydroxylation sites is 1. The zero-order chi connectivity index (χ0) is 18.3. The second-order valence-corrected chi connectivity index (χ2v) is 5.68. The first kappa shape index (κ1) is 16.1. The summed E-state index contributed by atoms with van der Waals surface area (Å²) >= 11 is 0. The largest absolute Gasteiger partial charge is 0.573 e. The lowest BCUT2D eigenvalue weighted by molar-refractivity contribution is -0.274. The number of hydrogen-bond donors (Lipinski definition) is 1. The van der Waals surface area contributed by atoms with Crippen LogP contribution in [0.5, 0.6) is 5.75 Å². The number of aromatic amines is 1. The number of alkyl halides is 3. The molecule has 0 amide bonds. The number of nitrogens with one attached hydrogen (secondary N) is 1. The van der Waals surface area contributed by atoms with Crippen LogP contribution in [0.2, 0.25) is 0 Å². The minimum absolute atomic E-state index is 0.00674. The summed E-state index contributed by atoms with van der Waals surface area (Å²) in [6, 6.07) is 5.62. The molecule has 0 atom stereocenters. The fraction of sp³-hybridized carbons (Fsp3) is 0.250. The molecule has 1 aromatic carbocycles. The normalized spacial score (nSPS) is 14.2. The fourth-order valence-electron chi connectivity index (χ4n) is 2.57. The van der Waals surface area contributed by atoms with Gasteiger partial charge < -0.3 is 9.15 Å². The molecule has 0 bridgehead atoms. The molecule has 132 valence electrons. The van der Waals surface area contributed by atoms with Crippen LogP contribution in [0, 0.1) is 6.57 Å². The maximum atomic E-state index is 12.7. The lowest BCUT2D eigenvalue weighted by atomic mass is 10.2. The van der Waals surface area contributed by atoms with Crippen LogP contribution in [0.3, 0.4) is 0 Å². The summed E-state index contributed by atoms with van der Waals surface area (Å²) in [4.78, 5) is 7.85. The van der Waals surface area contributed by atoms with Crippen molar-refractivity contribution in [3.05, 3.63) is 34.9 Å². The molecule has 0 unspecified atom stereocenters. The van der Waals surface area contributed by atoms with E-state index in [-0.39, 0.29) is 28.9 Å². The summed E-state index contributed by atoms with van der Waals surface area (Å²) in [7, 11) is 0. The Hall–Kier alpha value is -3.35. The fourth-order valence-corrected chi connectivity index (χ4v) is 2.57. The molecule has 26 heavy (non-hydrogen) atoms. The quantitative estimate of drug-likeness (QED) is 0.739. The molecular formula is C16H11F3N5O2+. The van der Waals surface area contributed by atoms with Crippen molar-refractivity contribution in [1.82, 2.24) is 20.4 Å². The molecule has 2 heterocycles. The number of halogens is 3. The first-order valence-electron chi connectivity index (χ1n) is 7.64. The molecule has 0 saturated heterocycles. The smallest absolute Gasteiger partial charge is 0.440 e. The van der Waals surface area contributed by atoms with Gasteiger partial charge in [-0.15, -0.1) is 18.3 Å². The molecule has 0 radical (unpaired) electrons. The first-order valence-corrected chi connectivity index (χ1v) is 7.64. The predicted molar refractivity (Wildman–Crippen MR) is 83.9 cm³/mol. The Bertz CT molecular complexity index is 998. The molecule has 1 fully saturated rings. The van der Waals surface area contributed by atoms with Crippen LogP contribution in [-0.4, -0.2) is 26.8 Å². The third kappa shape index (κ3) is 2.99. The molecule has 3 aromatic rings. The van der Waals surface area contributed by atoms with Gasteiger partial charge in [0, 0.05) is 5.92 Å². The van der Waals surface area contributed by atoms with Crippen molar-refractivity contribution in [3.8, 4) is 35.2 Å². The topological polar surface area (TPSA) is 81.2 Å². The highest BCUT2D eigenvalue weighted by molar-refractivity contribution is 5.74. The van der Waals surface area contributed by atoms with Gasteiger partial charge in [-0.1, -0.05) is 17.3 Å². The molecule has 0 aliphatic heterocycles. The van der Waals surface area contributed by atoms with Gasteiger partial charge in [-0.05, 0) is 25.0 Å². The summed E-state index contributed by atoms with van der Waals surface area (Å²) in [5.41, 5.74) is 0.702. The van der Waals surface area contributed by atoms with Gasteiger partial charge in [-0.25, -0.2) is 4.98 Å². The summed E-state index contributed by atoms with van der Waals surface area (Å²) in [6.07, 6.45) is -3.06. The molecular weight excluding hydrogens is 351 g/mol. The van der Waals surface area contributed by atoms with E-state index in [4.69, 9.17) is 11.0 Å². The van der Waals surface area contributed by atoms with E-state index in [0.29, 0.717) is 11.5 Å². The average molecular weight is 362 g/mol. The lowest BCUT2D eigenvalue weighted by Crippen LogP contribution is -2.17. The van der Waals surface area contributed by atoms with E-state index >= 15 is 0 Å². The van der Waals surface area contributed by atoms with Crippen molar-refractivity contribution in [2.75, 3.05) is 0 Å². The number of H-pyrrole nitrogens is 1. The Morgan fingerprint density at radius 3 is 2.65 bits per heavy atom. The van der Waals surface area contributed by atoms with Crippen molar-refractivity contribution in [3.63, 3.8) is 0 Å². The number of nitrogens with zero attached hydrogens (tertiary/aromatic N) is 4. The molecule has 1 saturated carbocycles. The highest BCUT2D eigenvalue weighted by Gasteiger charge is 2.37. The number of hydrogen-bond acceptors (Lipinski definition) is 5. The SMILES string of the molecule is C#[N+]c1n[nH]nc1-c1nc(-c2ccccc2OC(F)(F)F)oc1C1CC1. The van der Waals surface area contributed by atoms with E-state index in [1.165, 1.54) is 18.2 Å². The summed E-state index contributed by atoms with van der Waals surface area (Å²) in [5, 5.41) is 10.2. The standard InChI is InChI=1S/C16H11F3N5O2/c1-20-14-12(22-24-23-14)11-13(8-6-7-8)25-15(21-11)9-4-2-3-5-10(9)26-16(17,18)19/h1-5,8H,6-7H2,(H,22,23,24)/q+1. The van der Waals surface area contributed by atoms with E-state index < -0.39 is 12.1 Å². The number of oxazole rings is 1. The Kier molecular flexibility index (Phi) is 3.64. The molecule has 7 nitrogen and oxygen atoms in total. The van der Waals surface area contributed by atoms with Gasteiger partial charge in [0.2, 0.25) is 11.6 Å². The van der Waals surface area contributed by atoms with E-state index in [1.54, 1.807) is 6.07 Å². The van der Waals surface area contributed by atoms with Gasteiger partial charge in [-0.3, -0.25) is 0 Å². The molecule has 1 aliphatic rings. The Morgan fingerprint density at radius 2 is 1.96 bits per heavy atom. The maximum Gasteiger partial charge on any atom is 0.573 e. The summed E-state index contributed by atoms with van der Waals surface area (Å²) in [5.74, 6) is 0.350. The van der Waals surface area contributed by atoms with Crippen molar-refractivity contribution in [2.24, 2.45) is 0 Å².